The van der Waals surface area contributed by atoms with Gasteiger partial charge in [0.1, 0.15) is 18.0 Å². The van der Waals surface area contributed by atoms with Crippen LogP contribution in [0.2, 0.25) is 0 Å². The number of imidazole rings is 1. The summed E-state index contributed by atoms with van der Waals surface area (Å²) in [7, 11) is 3.65. The third-order valence-corrected chi connectivity index (χ3v) is 5.66. The Labute approximate surface area is 229 Å². The van der Waals surface area contributed by atoms with Gasteiger partial charge in [0, 0.05) is 19.8 Å². The van der Waals surface area contributed by atoms with Gasteiger partial charge in [-0.2, -0.15) is 4.98 Å². The van der Waals surface area contributed by atoms with E-state index in [4.69, 9.17) is 9.47 Å². The van der Waals surface area contributed by atoms with E-state index in [0.29, 0.717) is 18.3 Å². The molecule has 8 heteroatoms. The molecule has 0 radical (unpaired) electrons. The van der Waals surface area contributed by atoms with Crippen molar-refractivity contribution < 1.29 is 19.1 Å². The standard InChI is InChI=1S/C31H34N4O4/c1-31(2,3)39-29(37)27-28(33-30(34(4)5)35(27)24-14-10-7-11-15-24)32-26(36)20-22-16-18-25(19-17-22)38-21-23-12-8-6-9-13-23/h6-19H,20-21H2,1-5H3,(H,32,36). The van der Waals surface area contributed by atoms with E-state index in [0.717, 1.165) is 16.8 Å². The fraction of sp³-hybridized carbons (Fsp3) is 0.258. The zero-order valence-corrected chi connectivity index (χ0v) is 23.0. The minimum absolute atomic E-state index is 0.0994. The second-order valence-corrected chi connectivity index (χ2v) is 10.3. The van der Waals surface area contributed by atoms with Crippen LogP contribution in [-0.4, -0.2) is 41.1 Å². The van der Waals surface area contributed by atoms with Crippen LogP contribution in [0.4, 0.5) is 11.8 Å². The molecule has 1 N–H and O–H groups in total. The summed E-state index contributed by atoms with van der Waals surface area (Å²) in [4.78, 5) is 32.9. The Morgan fingerprint density at radius 2 is 1.49 bits per heavy atom. The third-order valence-electron chi connectivity index (χ3n) is 5.66. The van der Waals surface area contributed by atoms with E-state index in [2.05, 4.69) is 10.3 Å². The summed E-state index contributed by atoms with van der Waals surface area (Å²) < 4.78 is 13.2. The second-order valence-electron chi connectivity index (χ2n) is 10.3. The van der Waals surface area contributed by atoms with Gasteiger partial charge in [-0.1, -0.05) is 60.7 Å². The molecule has 0 atom stereocenters. The van der Waals surface area contributed by atoms with Crippen molar-refractivity contribution in [1.82, 2.24) is 9.55 Å². The SMILES string of the molecule is CN(C)c1nc(NC(=O)Cc2ccc(OCc3ccccc3)cc2)c(C(=O)OC(C)(C)C)n1-c1ccccc1. The van der Waals surface area contributed by atoms with Crippen LogP contribution in [0.15, 0.2) is 84.9 Å². The molecular formula is C31H34N4O4. The van der Waals surface area contributed by atoms with Crippen LogP contribution in [0, 0.1) is 0 Å². The minimum atomic E-state index is -0.729. The number of benzene rings is 3. The number of hydrogen-bond acceptors (Lipinski definition) is 6. The van der Waals surface area contributed by atoms with Gasteiger partial charge in [0.2, 0.25) is 11.9 Å². The van der Waals surface area contributed by atoms with E-state index in [1.165, 1.54) is 0 Å². The highest BCUT2D eigenvalue weighted by Gasteiger charge is 2.30. The first-order valence-corrected chi connectivity index (χ1v) is 12.7. The van der Waals surface area contributed by atoms with Crippen LogP contribution in [0.1, 0.15) is 42.4 Å². The molecule has 8 nitrogen and oxygen atoms in total. The maximum Gasteiger partial charge on any atom is 0.359 e. The van der Waals surface area contributed by atoms with E-state index in [1.807, 2.05) is 99.0 Å². The molecule has 202 valence electrons. The number of hydrogen-bond donors (Lipinski definition) is 1. The van der Waals surface area contributed by atoms with Crippen LogP contribution in [0.25, 0.3) is 5.69 Å². The fourth-order valence-corrected chi connectivity index (χ4v) is 3.94. The molecule has 0 aliphatic carbocycles. The molecule has 1 amide bonds. The van der Waals surface area contributed by atoms with Crippen molar-refractivity contribution in [1.29, 1.82) is 0 Å². The lowest BCUT2D eigenvalue weighted by Crippen LogP contribution is -2.27. The molecule has 0 fully saturated rings. The molecule has 4 aromatic rings. The van der Waals surface area contributed by atoms with Crippen LogP contribution in [-0.2, 0) is 22.6 Å². The van der Waals surface area contributed by atoms with Gasteiger partial charge in [-0.25, -0.2) is 4.79 Å². The van der Waals surface area contributed by atoms with Crippen molar-refractivity contribution in [3.63, 3.8) is 0 Å². The molecule has 0 aliphatic heterocycles. The number of esters is 1. The first-order valence-electron chi connectivity index (χ1n) is 12.7. The molecule has 0 spiro atoms. The number of nitrogens with zero attached hydrogens (tertiary/aromatic N) is 3. The van der Waals surface area contributed by atoms with Crippen molar-refractivity contribution >= 4 is 23.6 Å². The van der Waals surface area contributed by atoms with E-state index < -0.39 is 11.6 Å². The van der Waals surface area contributed by atoms with Crippen molar-refractivity contribution in [3.05, 3.63) is 102 Å². The Balaban J connectivity index is 1.55. The zero-order valence-electron chi connectivity index (χ0n) is 23.0. The highest BCUT2D eigenvalue weighted by molar-refractivity contribution is 6.01. The summed E-state index contributed by atoms with van der Waals surface area (Å²) in [5, 5.41) is 2.84. The quantitative estimate of drug-likeness (QED) is 0.284. The van der Waals surface area contributed by atoms with E-state index in [-0.39, 0.29) is 23.8 Å². The molecule has 0 saturated carbocycles. The largest absolute Gasteiger partial charge is 0.489 e. The summed E-state index contributed by atoms with van der Waals surface area (Å²) in [6.45, 7) is 5.86. The molecule has 0 aliphatic rings. The minimum Gasteiger partial charge on any atom is -0.489 e. The molecule has 0 bridgehead atoms. The van der Waals surface area contributed by atoms with Crippen LogP contribution >= 0.6 is 0 Å². The molecular weight excluding hydrogens is 492 g/mol. The van der Waals surface area contributed by atoms with E-state index in [9.17, 15) is 9.59 Å². The number of nitrogens with one attached hydrogen (secondary N) is 1. The summed E-state index contributed by atoms with van der Waals surface area (Å²) in [6, 6.07) is 26.7. The average molecular weight is 527 g/mol. The smallest absolute Gasteiger partial charge is 0.359 e. The van der Waals surface area contributed by atoms with Crippen LogP contribution < -0.4 is 15.0 Å². The van der Waals surface area contributed by atoms with Gasteiger partial charge in [-0.3, -0.25) is 9.36 Å². The van der Waals surface area contributed by atoms with Crippen LogP contribution in [0.3, 0.4) is 0 Å². The number of anilines is 2. The van der Waals surface area contributed by atoms with Gasteiger partial charge in [0.25, 0.3) is 0 Å². The average Bonchev–Trinajstić information content (AvgIpc) is 3.28. The monoisotopic (exact) mass is 526 g/mol. The molecule has 1 heterocycles. The number of aromatic nitrogens is 2. The third kappa shape index (κ3) is 7.25. The van der Waals surface area contributed by atoms with Crippen molar-refractivity contribution in [3.8, 4) is 11.4 Å². The summed E-state index contributed by atoms with van der Waals surface area (Å²) in [5.41, 5.74) is 2.02. The highest BCUT2D eigenvalue weighted by Crippen LogP contribution is 2.29. The van der Waals surface area contributed by atoms with Gasteiger partial charge >= 0.3 is 5.97 Å². The summed E-state index contributed by atoms with van der Waals surface area (Å²) in [5.74, 6) is 0.456. The molecule has 39 heavy (non-hydrogen) atoms. The van der Waals surface area contributed by atoms with E-state index >= 15 is 0 Å². The van der Waals surface area contributed by atoms with Gasteiger partial charge in [-0.05, 0) is 56.2 Å². The number of amides is 1. The molecule has 0 unspecified atom stereocenters. The normalized spacial score (nSPS) is 11.1. The summed E-state index contributed by atoms with van der Waals surface area (Å²) >= 11 is 0. The first kappa shape index (κ1) is 27.4. The lowest BCUT2D eigenvalue weighted by Gasteiger charge is -2.21. The van der Waals surface area contributed by atoms with Crippen molar-refractivity contribution in [2.45, 2.75) is 39.4 Å². The number of carbonyl (C=O) groups excluding carboxylic acids is 2. The molecule has 0 saturated heterocycles. The van der Waals surface area contributed by atoms with E-state index in [1.54, 1.807) is 30.2 Å². The maximum absolute atomic E-state index is 13.4. The number of ether oxygens (including phenoxy) is 2. The Morgan fingerprint density at radius 3 is 2.08 bits per heavy atom. The second kappa shape index (κ2) is 11.9. The fourth-order valence-electron chi connectivity index (χ4n) is 3.94. The maximum atomic E-state index is 13.4. The highest BCUT2D eigenvalue weighted by atomic mass is 16.6. The zero-order chi connectivity index (χ0) is 28.0. The number of carbonyl (C=O) groups is 2. The lowest BCUT2D eigenvalue weighted by atomic mass is 10.1. The van der Waals surface area contributed by atoms with Crippen molar-refractivity contribution in [2.75, 3.05) is 24.3 Å². The van der Waals surface area contributed by atoms with Crippen LogP contribution in [0.5, 0.6) is 5.75 Å². The summed E-state index contributed by atoms with van der Waals surface area (Å²) in [6.07, 6.45) is 0.0994. The van der Waals surface area contributed by atoms with Crippen molar-refractivity contribution in [2.24, 2.45) is 0 Å². The lowest BCUT2D eigenvalue weighted by molar-refractivity contribution is -0.115. The molecule has 1 aromatic heterocycles. The van der Waals surface area contributed by atoms with Gasteiger partial charge in [-0.15, -0.1) is 0 Å². The predicted octanol–water partition coefficient (Wildman–Crippen LogP) is 5.65. The Kier molecular flexibility index (Phi) is 8.34. The van der Waals surface area contributed by atoms with Gasteiger partial charge < -0.3 is 19.7 Å². The van der Waals surface area contributed by atoms with Gasteiger partial charge in [0.15, 0.2) is 11.5 Å². The Bertz CT molecular complexity index is 1410. The molecule has 3 aromatic carbocycles. The predicted molar refractivity (Wildman–Crippen MR) is 153 cm³/mol. The number of rotatable bonds is 9. The first-order chi connectivity index (χ1) is 18.6. The number of para-hydroxylation sites is 1. The Morgan fingerprint density at radius 1 is 0.872 bits per heavy atom. The topological polar surface area (TPSA) is 85.7 Å². The Hall–Kier alpha value is -4.59. The van der Waals surface area contributed by atoms with Gasteiger partial charge in [0.05, 0.1) is 6.42 Å². The molecule has 4 rings (SSSR count).